The van der Waals surface area contributed by atoms with E-state index >= 15 is 0 Å². The highest BCUT2D eigenvalue weighted by Crippen LogP contribution is 1.97. The van der Waals surface area contributed by atoms with Crippen molar-refractivity contribution in [2.45, 2.75) is 0 Å². The molecule has 8 N–H and O–H groups in total. The Morgan fingerprint density at radius 2 is 1.00 bits per heavy atom. The number of nitrogen functional groups attached to an aromatic ring is 4. The summed E-state index contributed by atoms with van der Waals surface area (Å²) in [5.74, 6) is 0.384. The van der Waals surface area contributed by atoms with Gasteiger partial charge < -0.3 is 22.9 Å². The minimum atomic E-state index is 0.0417. The Hall–Kier alpha value is -2.78. The van der Waals surface area contributed by atoms with Gasteiger partial charge in [-0.3, -0.25) is 0 Å². The van der Waals surface area contributed by atoms with Crippen LogP contribution in [0, 0.1) is 0 Å². The molecule has 0 aromatic carbocycles. The van der Waals surface area contributed by atoms with Crippen LogP contribution in [0.15, 0.2) is 12.7 Å². The van der Waals surface area contributed by atoms with Gasteiger partial charge in [0.05, 0.1) is 0 Å². The van der Waals surface area contributed by atoms with E-state index in [2.05, 4.69) is 29.9 Å². The molecule has 0 aliphatic heterocycles. The first-order valence-corrected chi connectivity index (χ1v) is 3.98. The van der Waals surface area contributed by atoms with Crippen LogP contribution in [0.2, 0.25) is 0 Å². The second-order valence-electron chi connectivity index (χ2n) is 2.41. The molecule has 84 valence electrons. The monoisotopic (exact) mass is 222 g/mol. The van der Waals surface area contributed by atoms with Crippen LogP contribution < -0.4 is 22.9 Å². The molecule has 16 heavy (non-hydrogen) atoms. The molecule has 0 spiro atoms. The van der Waals surface area contributed by atoms with Gasteiger partial charge in [-0.05, 0) is 0 Å². The number of hydrogen-bond donors (Lipinski definition) is 4. The van der Waals surface area contributed by atoms with Crippen molar-refractivity contribution in [3.05, 3.63) is 12.7 Å². The van der Waals surface area contributed by atoms with Crippen molar-refractivity contribution in [1.82, 2.24) is 29.9 Å². The zero-order chi connectivity index (χ0) is 12.0. The summed E-state index contributed by atoms with van der Waals surface area (Å²) in [5, 5.41) is 0. The SMILES string of the molecule is Nc1nc(N)nc(N)n1.Nc1ncncn1. The molecule has 0 unspecified atom stereocenters. The molecule has 2 aromatic rings. The van der Waals surface area contributed by atoms with Crippen molar-refractivity contribution in [2.24, 2.45) is 0 Å². The predicted molar refractivity (Wildman–Crippen MR) is 57.3 cm³/mol. The number of aromatic nitrogens is 6. The van der Waals surface area contributed by atoms with Crippen LogP contribution in [0.5, 0.6) is 0 Å². The van der Waals surface area contributed by atoms with Crippen LogP contribution in [0.4, 0.5) is 23.8 Å². The summed E-state index contributed by atoms with van der Waals surface area (Å²) in [5.41, 5.74) is 20.5. The Balaban J connectivity index is 0.000000165. The van der Waals surface area contributed by atoms with Gasteiger partial charge in [-0.15, -0.1) is 0 Å². The van der Waals surface area contributed by atoms with Gasteiger partial charge in [0, 0.05) is 0 Å². The fraction of sp³-hybridized carbons (Fsp3) is 0. The van der Waals surface area contributed by atoms with E-state index in [9.17, 15) is 0 Å². The Bertz CT molecular complexity index is 392. The van der Waals surface area contributed by atoms with E-state index in [0.717, 1.165) is 0 Å². The largest absolute Gasteiger partial charge is 0.368 e. The average molecular weight is 222 g/mol. The third-order valence-electron chi connectivity index (χ3n) is 1.20. The molecule has 2 rings (SSSR count). The number of nitrogens with zero attached hydrogens (tertiary/aromatic N) is 6. The molecule has 0 bridgehead atoms. The molecule has 0 fully saturated rings. The van der Waals surface area contributed by atoms with Crippen LogP contribution in [0.25, 0.3) is 0 Å². The predicted octanol–water partition coefficient (Wildman–Crippen LogP) is -1.93. The molecule has 0 saturated heterocycles. The van der Waals surface area contributed by atoms with Gasteiger partial charge >= 0.3 is 0 Å². The van der Waals surface area contributed by atoms with E-state index in [1.165, 1.54) is 12.7 Å². The lowest BCUT2D eigenvalue weighted by molar-refractivity contribution is 1.06. The minimum Gasteiger partial charge on any atom is -0.368 e. The summed E-state index contributed by atoms with van der Waals surface area (Å²) >= 11 is 0. The lowest BCUT2D eigenvalue weighted by Gasteiger charge is -1.93. The molecule has 0 aliphatic rings. The molecule has 0 amide bonds. The standard InChI is InChI=1S/C3H6N6.C3H4N4/c4-1-7-2(5)9-3(6)8-1;4-3-6-1-5-2-7-3/h(H6,4,5,6,7,8,9);1-2H,(H2,4,5,6,7). The Labute approximate surface area is 90.2 Å². The molecule has 0 atom stereocenters. The number of nitrogens with two attached hydrogens (primary N) is 4. The fourth-order valence-electron chi connectivity index (χ4n) is 0.675. The van der Waals surface area contributed by atoms with Gasteiger partial charge in [0.15, 0.2) is 0 Å². The number of rotatable bonds is 0. The lowest BCUT2D eigenvalue weighted by Crippen LogP contribution is -2.05. The first-order valence-electron chi connectivity index (χ1n) is 3.98. The van der Waals surface area contributed by atoms with E-state index in [1.54, 1.807) is 0 Å². The molecule has 2 aromatic heterocycles. The summed E-state index contributed by atoms with van der Waals surface area (Å²) in [7, 11) is 0. The van der Waals surface area contributed by atoms with E-state index in [1.807, 2.05) is 0 Å². The Morgan fingerprint density at radius 1 is 0.625 bits per heavy atom. The highest BCUT2D eigenvalue weighted by molar-refractivity contribution is 5.33. The highest BCUT2D eigenvalue weighted by Gasteiger charge is 1.93. The number of anilines is 4. The van der Waals surface area contributed by atoms with Crippen LogP contribution >= 0.6 is 0 Å². The maximum absolute atomic E-state index is 5.14. The fourth-order valence-corrected chi connectivity index (χ4v) is 0.675. The zero-order valence-electron chi connectivity index (χ0n) is 8.15. The van der Waals surface area contributed by atoms with Crippen molar-refractivity contribution >= 4 is 23.8 Å². The molecule has 0 saturated carbocycles. The average Bonchev–Trinajstić information content (AvgIpc) is 2.17. The van der Waals surface area contributed by atoms with Crippen molar-refractivity contribution in [2.75, 3.05) is 22.9 Å². The van der Waals surface area contributed by atoms with E-state index < -0.39 is 0 Å². The number of hydrogen-bond acceptors (Lipinski definition) is 10. The summed E-state index contributed by atoms with van der Waals surface area (Å²) in [6, 6.07) is 0. The van der Waals surface area contributed by atoms with Crippen molar-refractivity contribution in [1.29, 1.82) is 0 Å². The van der Waals surface area contributed by atoms with Crippen LogP contribution in [-0.2, 0) is 0 Å². The van der Waals surface area contributed by atoms with Gasteiger partial charge in [-0.2, -0.15) is 15.0 Å². The molecule has 0 radical (unpaired) electrons. The van der Waals surface area contributed by atoms with E-state index in [0.29, 0.717) is 0 Å². The van der Waals surface area contributed by atoms with Crippen LogP contribution in [-0.4, -0.2) is 29.9 Å². The third kappa shape index (κ3) is 3.95. The highest BCUT2D eigenvalue weighted by atomic mass is 15.2. The first kappa shape index (κ1) is 11.3. The van der Waals surface area contributed by atoms with E-state index in [-0.39, 0.29) is 23.8 Å². The maximum atomic E-state index is 5.14. The molecule has 10 heteroatoms. The normalized spacial score (nSPS) is 9.00. The van der Waals surface area contributed by atoms with Crippen LogP contribution in [0.1, 0.15) is 0 Å². The smallest absolute Gasteiger partial charge is 0.226 e. The summed E-state index contributed by atoms with van der Waals surface area (Å²) < 4.78 is 0. The quantitative estimate of drug-likeness (QED) is 0.391. The van der Waals surface area contributed by atoms with Crippen molar-refractivity contribution < 1.29 is 0 Å². The second kappa shape index (κ2) is 5.19. The summed E-state index contributed by atoms with van der Waals surface area (Å²) in [6.07, 6.45) is 2.70. The minimum absolute atomic E-state index is 0.0417. The topological polar surface area (TPSA) is 181 Å². The molecule has 2 heterocycles. The second-order valence-corrected chi connectivity index (χ2v) is 2.41. The molecular weight excluding hydrogens is 212 g/mol. The van der Waals surface area contributed by atoms with E-state index in [4.69, 9.17) is 22.9 Å². The lowest BCUT2D eigenvalue weighted by atomic mass is 10.9. The first-order chi connectivity index (χ1) is 7.58. The summed E-state index contributed by atoms with van der Waals surface area (Å²) in [4.78, 5) is 21.1. The van der Waals surface area contributed by atoms with Crippen molar-refractivity contribution in [3.8, 4) is 0 Å². The van der Waals surface area contributed by atoms with Gasteiger partial charge in [0.2, 0.25) is 23.8 Å². The molecular formula is C6H10N10. The zero-order valence-corrected chi connectivity index (χ0v) is 8.15. The van der Waals surface area contributed by atoms with Gasteiger partial charge in [-0.1, -0.05) is 0 Å². The van der Waals surface area contributed by atoms with Gasteiger partial charge in [-0.25, -0.2) is 15.0 Å². The van der Waals surface area contributed by atoms with Crippen molar-refractivity contribution in [3.63, 3.8) is 0 Å². The maximum Gasteiger partial charge on any atom is 0.226 e. The van der Waals surface area contributed by atoms with Gasteiger partial charge in [0.25, 0.3) is 0 Å². The Kier molecular flexibility index (Phi) is 3.66. The van der Waals surface area contributed by atoms with Crippen LogP contribution in [0.3, 0.4) is 0 Å². The molecule has 10 nitrogen and oxygen atoms in total. The third-order valence-corrected chi connectivity index (χ3v) is 1.20. The molecule has 0 aliphatic carbocycles. The van der Waals surface area contributed by atoms with Gasteiger partial charge in [0.1, 0.15) is 12.7 Å². The summed E-state index contributed by atoms with van der Waals surface area (Å²) in [6.45, 7) is 0. The Morgan fingerprint density at radius 3 is 1.25 bits per heavy atom.